The fourth-order valence-corrected chi connectivity index (χ4v) is 4.44. The number of phenols is 2. The molecule has 0 saturated heterocycles. The minimum absolute atomic E-state index is 0.143. The maximum Gasteiger partial charge on any atom is 0.121 e. The Kier molecular flexibility index (Phi) is 8.19. The third-order valence-electron chi connectivity index (χ3n) is 6.54. The van der Waals surface area contributed by atoms with E-state index in [1.165, 1.54) is 56.1 Å². The van der Waals surface area contributed by atoms with Crippen molar-refractivity contribution in [1.29, 1.82) is 0 Å². The van der Waals surface area contributed by atoms with Crippen LogP contribution in [-0.2, 0) is 5.41 Å². The predicted molar refractivity (Wildman–Crippen MR) is 124 cm³/mol. The van der Waals surface area contributed by atoms with E-state index < -0.39 is 0 Å². The van der Waals surface area contributed by atoms with E-state index in [-0.39, 0.29) is 5.41 Å². The van der Waals surface area contributed by atoms with Crippen molar-refractivity contribution in [1.82, 2.24) is 0 Å². The highest BCUT2D eigenvalue weighted by Crippen LogP contribution is 2.41. The molecule has 0 heterocycles. The average molecular weight is 397 g/mol. The summed E-state index contributed by atoms with van der Waals surface area (Å²) < 4.78 is 0. The van der Waals surface area contributed by atoms with Gasteiger partial charge in [-0.1, -0.05) is 83.1 Å². The molecule has 0 bridgehead atoms. The molecule has 0 aliphatic carbocycles. The summed E-state index contributed by atoms with van der Waals surface area (Å²) in [6.45, 7) is 12.5. The molecule has 0 aliphatic heterocycles. The summed E-state index contributed by atoms with van der Waals surface area (Å²) in [5.41, 5.74) is 6.07. The molecule has 2 N–H and O–H groups in total. The molecule has 2 heteroatoms. The molecule has 29 heavy (non-hydrogen) atoms. The molecule has 0 radical (unpaired) electrons. The molecule has 2 nitrogen and oxygen atoms in total. The largest absolute Gasteiger partial charge is 0.507 e. The molecule has 160 valence electrons. The average Bonchev–Trinajstić information content (AvgIpc) is 2.68. The van der Waals surface area contributed by atoms with E-state index in [2.05, 4.69) is 38.1 Å². The van der Waals surface area contributed by atoms with Crippen molar-refractivity contribution in [2.24, 2.45) is 0 Å². The Hall–Kier alpha value is -1.96. The van der Waals surface area contributed by atoms with Gasteiger partial charge in [0.1, 0.15) is 11.5 Å². The highest BCUT2D eigenvalue weighted by molar-refractivity contribution is 5.51. The number of hydrogen-bond acceptors (Lipinski definition) is 2. The Labute approximate surface area is 178 Å². The van der Waals surface area contributed by atoms with Crippen LogP contribution in [0.4, 0.5) is 0 Å². The minimum atomic E-state index is -0.143. The topological polar surface area (TPSA) is 40.5 Å². The molecule has 0 saturated carbocycles. The molecule has 0 amide bonds. The quantitative estimate of drug-likeness (QED) is 0.402. The van der Waals surface area contributed by atoms with E-state index in [1.54, 1.807) is 0 Å². The summed E-state index contributed by atoms with van der Waals surface area (Å²) in [4.78, 5) is 0. The normalized spacial score (nSPS) is 11.8. The van der Waals surface area contributed by atoms with Gasteiger partial charge in [0.25, 0.3) is 0 Å². The van der Waals surface area contributed by atoms with Gasteiger partial charge in [-0.25, -0.2) is 0 Å². The third kappa shape index (κ3) is 5.56. The first-order chi connectivity index (χ1) is 13.7. The van der Waals surface area contributed by atoms with Gasteiger partial charge in [0.15, 0.2) is 0 Å². The van der Waals surface area contributed by atoms with Crippen LogP contribution in [-0.4, -0.2) is 10.2 Å². The Bertz CT molecular complexity index is 716. The smallest absolute Gasteiger partial charge is 0.121 e. The predicted octanol–water partition coefficient (Wildman–Crippen LogP) is 7.78. The van der Waals surface area contributed by atoms with Gasteiger partial charge >= 0.3 is 0 Å². The van der Waals surface area contributed by atoms with Gasteiger partial charge in [-0.15, -0.1) is 0 Å². The first-order valence-electron chi connectivity index (χ1n) is 11.3. The van der Waals surface area contributed by atoms with Crippen molar-refractivity contribution in [3.63, 3.8) is 0 Å². The summed E-state index contributed by atoms with van der Waals surface area (Å²) >= 11 is 0. The summed E-state index contributed by atoms with van der Waals surface area (Å²) in [7, 11) is 0. The fourth-order valence-electron chi connectivity index (χ4n) is 4.44. The maximum absolute atomic E-state index is 10.3. The van der Waals surface area contributed by atoms with Crippen LogP contribution >= 0.6 is 0 Å². The van der Waals surface area contributed by atoms with E-state index >= 15 is 0 Å². The van der Waals surface area contributed by atoms with Gasteiger partial charge in [-0.3, -0.25) is 0 Å². The lowest BCUT2D eigenvalue weighted by Crippen LogP contribution is -2.24. The van der Waals surface area contributed by atoms with E-state index in [9.17, 15) is 10.2 Å². The Balaban J connectivity index is 2.33. The van der Waals surface area contributed by atoms with Crippen LogP contribution in [0.15, 0.2) is 24.3 Å². The molecule has 0 aromatic heterocycles. The zero-order valence-electron chi connectivity index (χ0n) is 19.4. The fraction of sp³-hybridized carbons (Fsp3) is 0.556. The van der Waals surface area contributed by atoms with Crippen LogP contribution in [0.2, 0.25) is 0 Å². The second-order valence-corrected chi connectivity index (χ2v) is 9.12. The van der Waals surface area contributed by atoms with Crippen molar-refractivity contribution in [3.8, 4) is 11.5 Å². The molecule has 0 atom stereocenters. The van der Waals surface area contributed by atoms with Crippen molar-refractivity contribution in [3.05, 3.63) is 57.6 Å². The van der Waals surface area contributed by atoms with E-state index in [4.69, 9.17) is 0 Å². The minimum Gasteiger partial charge on any atom is -0.507 e. The Morgan fingerprint density at radius 3 is 1.34 bits per heavy atom. The van der Waals surface area contributed by atoms with Crippen molar-refractivity contribution in [2.75, 3.05) is 0 Å². The maximum atomic E-state index is 10.3. The molecule has 0 spiro atoms. The molecule has 2 rings (SSSR count). The highest BCUT2D eigenvalue weighted by atomic mass is 16.3. The highest BCUT2D eigenvalue weighted by Gasteiger charge is 2.30. The van der Waals surface area contributed by atoms with E-state index in [0.29, 0.717) is 11.5 Å². The monoisotopic (exact) mass is 396 g/mol. The number of unbranched alkanes of at least 4 members (excludes halogenated alkanes) is 6. The Morgan fingerprint density at radius 1 is 0.621 bits per heavy atom. The van der Waals surface area contributed by atoms with Crippen molar-refractivity contribution >= 4 is 0 Å². The standard InChI is InChI=1S/C27H40O2/c1-7-8-9-10-11-12-13-14-27(6,23-15-19(2)25(28)20(3)16-23)24-17-21(4)26(29)22(5)18-24/h15-18,28-29H,7-14H2,1-6H3. The van der Waals surface area contributed by atoms with E-state index in [1.807, 2.05) is 27.7 Å². The van der Waals surface area contributed by atoms with Crippen LogP contribution < -0.4 is 0 Å². The number of aromatic hydroxyl groups is 2. The van der Waals surface area contributed by atoms with Gasteiger partial charge in [0.05, 0.1) is 0 Å². The number of phenolic OH excluding ortho intramolecular Hbond substituents is 2. The zero-order valence-corrected chi connectivity index (χ0v) is 19.4. The lowest BCUT2D eigenvalue weighted by molar-refractivity contribution is 0.453. The van der Waals surface area contributed by atoms with Crippen LogP contribution in [0.3, 0.4) is 0 Å². The molecular formula is C27H40O2. The Morgan fingerprint density at radius 2 is 0.966 bits per heavy atom. The SMILES string of the molecule is CCCCCCCCCC(C)(c1cc(C)c(O)c(C)c1)c1cc(C)c(O)c(C)c1. The second kappa shape index (κ2) is 10.2. The van der Waals surface area contributed by atoms with Crippen LogP contribution in [0, 0.1) is 27.7 Å². The number of hydrogen-bond donors (Lipinski definition) is 2. The van der Waals surface area contributed by atoms with Crippen LogP contribution in [0.5, 0.6) is 11.5 Å². The number of aryl methyl sites for hydroxylation is 4. The molecular weight excluding hydrogens is 356 g/mol. The summed E-state index contributed by atoms with van der Waals surface area (Å²) in [6.07, 6.45) is 10.1. The third-order valence-corrected chi connectivity index (χ3v) is 6.54. The van der Waals surface area contributed by atoms with Gasteiger partial charge < -0.3 is 10.2 Å². The first kappa shape index (κ1) is 23.3. The molecule has 0 fully saturated rings. The molecule has 2 aromatic carbocycles. The van der Waals surface area contributed by atoms with Gasteiger partial charge in [-0.05, 0) is 67.5 Å². The lowest BCUT2D eigenvalue weighted by atomic mass is 9.71. The molecule has 0 aliphatic rings. The van der Waals surface area contributed by atoms with Gasteiger partial charge in [0, 0.05) is 5.41 Å². The molecule has 0 unspecified atom stereocenters. The van der Waals surface area contributed by atoms with Crippen molar-refractivity contribution in [2.45, 2.75) is 98.3 Å². The lowest BCUT2D eigenvalue weighted by Gasteiger charge is -2.33. The first-order valence-corrected chi connectivity index (χ1v) is 11.3. The number of benzene rings is 2. The summed E-state index contributed by atoms with van der Waals surface area (Å²) in [5.74, 6) is 0.787. The second-order valence-electron chi connectivity index (χ2n) is 9.12. The van der Waals surface area contributed by atoms with Crippen LogP contribution in [0.1, 0.15) is 98.6 Å². The van der Waals surface area contributed by atoms with Gasteiger partial charge in [0.2, 0.25) is 0 Å². The van der Waals surface area contributed by atoms with Gasteiger partial charge in [-0.2, -0.15) is 0 Å². The summed E-state index contributed by atoms with van der Waals surface area (Å²) in [6, 6.07) is 8.56. The van der Waals surface area contributed by atoms with Crippen LogP contribution in [0.25, 0.3) is 0 Å². The van der Waals surface area contributed by atoms with E-state index in [0.717, 1.165) is 28.7 Å². The van der Waals surface area contributed by atoms with Crippen molar-refractivity contribution < 1.29 is 10.2 Å². The number of rotatable bonds is 10. The summed E-state index contributed by atoms with van der Waals surface area (Å²) in [5, 5.41) is 20.6. The zero-order chi connectivity index (χ0) is 21.6. The molecule has 2 aromatic rings.